The van der Waals surface area contributed by atoms with Gasteiger partial charge in [0.05, 0.1) is 28.5 Å². The molecule has 0 atom stereocenters. The summed E-state index contributed by atoms with van der Waals surface area (Å²) in [7, 11) is 0. The molecular weight excluding hydrogens is 326 g/mol. The molecular formula is C17H13N3O5. The molecule has 3 aromatic rings. The fourth-order valence-electron chi connectivity index (χ4n) is 2.24. The van der Waals surface area contributed by atoms with Gasteiger partial charge in [-0.2, -0.15) is 5.10 Å². The van der Waals surface area contributed by atoms with Crippen LogP contribution in [0.1, 0.15) is 21.9 Å². The minimum atomic E-state index is -0.473. The summed E-state index contributed by atoms with van der Waals surface area (Å²) in [5.74, 6) is 0.764. The molecule has 2 aromatic heterocycles. The van der Waals surface area contributed by atoms with E-state index >= 15 is 0 Å². The molecule has 0 unspecified atom stereocenters. The Balaban J connectivity index is 1.73. The minimum absolute atomic E-state index is 0.0518. The lowest BCUT2D eigenvalue weighted by Gasteiger charge is -1.98. The number of carbonyl (C=O) groups excluding carboxylic acids is 1. The van der Waals surface area contributed by atoms with E-state index in [9.17, 15) is 14.9 Å². The maximum absolute atomic E-state index is 11.9. The van der Waals surface area contributed by atoms with Crippen molar-refractivity contribution in [3.63, 3.8) is 0 Å². The zero-order valence-electron chi connectivity index (χ0n) is 13.1. The number of hydrogen-bond acceptors (Lipinski definition) is 6. The molecule has 0 aliphatic rings. The number of benzene rings is 1. The Morgan fingerprint density at radius 2 is 2.04 bits per heavy atom. The van der Waals surface area contributed by atoms with Crippen molar-refractivity contribution in [2.24, 2.45) is 5.10 Å². The summed E-state index contributed by atoms with van der Waals surface area (Å²) in [4.78, 5) is 22.5. The van der Waals surface area contributed by atoms with Gasteiger partial charge in [0.25, 0.3) is 11.6 Å². The van der Waals surface area contributed by atoms with Gasteiger partial charge in [0.2, 0.25) is 0 Å². The summed E-state index contributed by atoms with van der Waals surface area (Å²) < 4.78 is 10.6. The molecule has 0 bridgehead atoms. The van der Waals surface area contributed by atoms with Crippen molar-refractivity contribution in [3.05, 3.63) is 75.9 Å². The monoisotopic (exact) mass is 339 g/mol. The Morgan fingerprint density at radius 1 is 1.24 bits per heavy atom. The third-order valence-corrected chi connectivity index (χ3v) is 3.45. The molecule has 1 N–H and O–H groups in total. The number of nitro groups is 1. The van der Waals surface area contributed by atoms with Crippen molar-refractivity contribution in [2.45, 2.75) is 6.92 Å². The summed E-state index contributed by atoms with van der Waals surface area (Å²) in [6.07, 6.45) is 2.73. The number of furan rings is 2. The van der Waals surface area contributed by atoms with Gasteiger partial charge < -0.3 is 8.83 Å². The average Bonchev–Trinajstić information content (AvgIpc) is 3.23. The quantitative estimate of drug-likeness (QED) is 0.434. The number of nitro benzene ring substituents is 1. The molecule has 3 rings (SSSR count). The van der Waals surface area contributed by atoms with Gasteiger partial charge in [0.1, 0.15) is 17.3 Å². The number of hydrogen-bond donors (Lipinski definition) is 1. The smallest absolute Gasteiger partial charge is 0.280 e. The fourth-order valence-corrected chi connectivity index (χ4v) is 2.24. The molecule has 0 saturated heterocycles. The molecule has 0 fully saturated rings. The molecule has 0 aliphatic heterocycles. The Hall–Kier alpha value is -3.68. The van der Waals surface area contributed by atoms with Crippen LogP contribution in [0, 0.1) is 17.0 Å². The molecule has 0 aliphatic carbocycles. The van der Waals surface area contributed by atoms with Crippen LogP contribution in [0.2, 0.25) is 0 Å². The number of carbonyl (C=O) groups is 1. The van der Waals surface area contributed by atoms with Crippen LogP contribution >= 0.6 is 0 Å². The minimum Gasteiger partial charge on any atom is -0.469 e. The number of hydrazone groups is 1. The van der Waals surface area contributed by atoms with E-state index in [4.69, 9.17) is 8.83 Å². The van der Waals surface area contributed by atoms with Crippen LogP contribution in [0.25, 0.3) is 11.3 Å². The lowest BCUT2D eigenvalue weighted by Crippen LogP contribution is -2.17. The highest BCUT2D eigenvalue weighted by atomic mass is 16.6. The first-order valence-corrected chi connectivity index (χ1v) is 7.27. The first-order chi connectivity index (χ1) is 12.1. The molecule has 2 heterocycles. The van der Waals surface area contributed by atoms with Crippen molar-refractivity contribution < 1.29 is 18.6 Å². The molecule has 25 heavy (non-hydrogen) atoms. The number of nitrogens with one attached hydrogen (secondary N) is 1. The largest absolute Gasteiger partial charge is 0.469 e. The molecule has 0 radical (unpaired) electrons. The topological polar surface area (TPSA) is 111 Å². The van der Waals surface area contributed by atoms with E-state index in [1.165, 1.54) is 18.5 Å². The number of para-hydroxylation sites is 1. The van der Waals surface area contributed by atoms with Crippen molar-refractivity contribution in [1.29, 1.82) is 0 Å². The Bertz CT molecular complexity index is 955. The van der Waals surface area contributed by atoms with Crippen LogP contribution in [-0.4, -0.2) is 17.0 Å². The van der Waals surface area contributed by atoms with Gasteiger partial charge in [-0.15, -0.1) is 0 Å². The van der Waals surface area contributed by atoms with Crippen LogP contribution in [0.5, 0.6) is 0 Å². The number of rotatable bonds is 5. The lowest BCUT2D eigenvalue weighted by molar-refractivity contribution is -0.384. The van der Waals surface area contributed by atoms with Crippen LogP contribution in [0.15, 0.2) is 62.7 Å². The fraction of sp³-hybridized carbons (Fsp3) is 0.0588. The molecule has 1 aromatic carbocycles. The average molecular weight is 339 g/mol. The Morgan fingerprint density at radius 3 is 2.76 bits per heavy atom. The normalized spacial score (nSPS) is 10.9. The summed E-state index contributed by atoms with van der Waals surface area (Å²) in [5, 5.41) is 14.9. The van der Waals surface area contributed by atoms with E-state index in [-0.39, 0.29) is 5.69 Å². The van der Waals surface area contributed by atoms with Crippen molar-refractivity contribution in [3.8, 4) is 11.3 Å². The second kappa shape index (κ2) is 6.83. The maximum atomic E-state index is 11.9. The molecule has 8 nitrogen and oxygen atoms in total. The highest BCUT2D eigenvalue weighted by molar-refractivity contribution is 5.95. The molecule has 126 valence electrons. The van der Waals surface area contributed by atoms with Gasteiger partial charge in [0.15, 0.2) is 0 Å². The Kier molecular flexibility index (Phi) is 4.42. The standard InChI is InChI=1S/C17H13N3O5/c1-11-13(8-9-24-11)17(21)19-18-10-12-6-7-16(25-12)14-4-2-3-5-15(14)20(22)23/h2-10H,1H3,(H,19,21). The molecule has 0 saturated carbocycles. The van der Waals surface area contributed by atoms with E-state index in [2.05, 4.69) is 10.5 Å². The predicted molar refractivity (Wildman–Crippen MR) is 89.3 cm³/mol. The van der Waals surface area contributed by atoms with Crippen LogP contribution in [0.4, 0.5) is 5.69 Å². The second-order valence-corrected chi connectivity index (χ2v) is 5.07. The third kappa shape index (κ3) is 3.47. The van der Waals surface area contributed by atoms with Gasteiger partial charge >= 0.3 is 0 Å². The zero-order chi connectivity index (χ0) is 17.8. The van der Waals surface area contributed by atoms with Gasteiger partial charge in [-0.1, -0.05) is 12.1 Å². The molecule has 1 amide bonds. The summed E-state index contributed by atoms with van der Waals surface area (Å²) in [6, 6.07) is 11.0. The summed E-state index contributed by atoms with van der Waals surface area (Å²) in [5.41, 5.74) is 3.06. The molecule has 8 heteroatoms. The number of amides is 1. The third-order valence-electron chi connectivity index (χ3n) is 3.45. The van der Waals surface area contributed by atoms with Crippen molar-refractivity contribution >= 4 is 17.8 Å². The first-order valence-electron chi connectivity index (χ1n) is 7.27. The molecule has 0 spiro atoms. The maximum Gasteiger partial charge on any atom is 0.280 e. The first kappa shape index (κ1) is 16.2. The van der Waals surface area contributed by atoms with E-state index < -0.39 is 10.8 Å². The number of aryl methyl sites for hydroxylation is 1. The summed E-state index contributed by atoms with van der Waals surface area (Å²) in [6.45, 7) is 1.67. The predicted octanol–water partition coefficient (Wildman–Crippen LogP) is 3.52. The van der Waals surface area contributed by atoms with Gasteiger partial charge in [0, 0.05) is 6.07 Å². The van der Waals surface area contributed by atoms with Crippen LogP contribution < -0.4 is 5.43 Å². The van der Waals surface area contributed by atoms with Gasteiger partial charge in [-0.25, -0.2) is 5.43 Å². The zero-order valence-corrected chi connectivity index (χ0v) is 13.1. The van der Waals surface area contributed by atoms with Gasteiger partial charge in [-0.05, 0) is 31.2 Å². The van der Waals surface area contributed by atoms with E-state index in [1.807, 2.05) is 0 Å². The number of nitrogens with zero attached hydrogens (tertiary/aromatic N) is 2. The Labute approximate surface area is 141 Å². The second-order valence-electron chi connectivity index (χ2n) is 5.07. The lowest BCUT2D eigenvalue weighted by atomic mass is 10.1. The van der Waals surface area contributed by atoms with Gasteiger partial charge in [-0.3, -0.25) is 14.9 Å². The highest BCUT2D eigenvalue weighted by Crippen LogP contribution is 2.30. The van der Waals surface area contributed by atoms with Crippen molar-refractivity contribution in [2.75, 3.05) is 0 Å². The van der Waals surface area contributed by atoms with E-state index in [1.54, 1.807) is 43.3 Å². The van der Waals surface area contributed by atoms with Crippen molar-refractivity contribution in [1.82, 2.24) is 5.43 Å². The highest BCUT2D eigenvalue weighted by Gasteiger charge is 2.17. The SMILES string of the molecule is Cc1occc1C(=O)NN=Cc1ccc(-c2ccccc2[N+](=O)[O-])o1. The van der Waals surface area contributed by atoms with Crippen LogP contribution in [0.3, 0.4) is 0 Å². The van der Waals surface area contributed by atoms with E-state index in [0.29, 0.717) is 28.4 Å². The van der Waals surface area contributed by atoms with Crippen LogP contribution in [-0.2, 0) is 0 Å². The van der Waals surface area contributed by atoms with E-state index in [0.717, 1.165) is 0 Å². The summed E-state index contributed by atoms with van der Waals surface area (Å²) >= 11 is 0.